The first kappa shape index (κ1) is 18.4. The van der Waals surface area contributed by atoms with Gasteiger partial charge in [0.25, 0.3) is 0 Å². The third-order valence-electron chi connectivity index (χ3n) is 4.18. The molecule has 0 fully saturated rings. The fraction of sp³-hybridized carbons (Fsp3) is 0.316. The first-order valence-corrected chi connectivity index (χ1v) is 9.07. The van der Waals surface area contributed by atoms with Crippen molar-refractivity contribution < 1.29 is 24.1 Å². The largest absolute Gasteiger partial charge is 0.504 e. The number of hydrogen-bond donors (Lipinski definition) is 2. The number of carbonyl (C=O) groups excluding carboxylic acids is 1. The molecule has 0 saturated heterocycles. The number of phenols is 1. The van der Waals surface area contributed by atoms with Crippen LogP contribution in [0.5, 0.6) is 23.0 Å². The third-order valence-corrected chi connectivity index (χ3v) is 4.92. The monoisotopic (exact) mass is 421 g/mol. The van der Waals surface area contributed by atoms with Gasteiger partial charge >= 0.3 is 0 Å². The van der Waals surface area contributed by atoms with Gasteiger partial charge in [0.2, 0.25) is 12.7 Å². The number of para-hydroxylation sites is 1. The van der Waals surface area contributed by atoms with Crippen LogP contribution in [-0.2, 0) is 17.6 Å². The number of fused-ring (bicyclic) bond motifs is 1. The van der Waals surface area contributed by atoms with Crippen LogP contribution in [0.2, 0.25) is 0 Å². The topological polar surface area (TPSA) is 77.0 Å². The van der Waals surface area contributed by atoms with Gasteiger partial charge in [-0.15, -0.1) is 0 Å². The number of ether oxygens (including phenoxy) is 3. The van der Waals surface area contributed by atoms with Gasteiger partial charge in [-0.25, -0.2) is 0 Å². The maximum Gasteiger partial charge on any atom is 0.231 e. The normalized spacial score (nSPS) is 12.1. The Labute approximate surface area is 160 Å². The van der Waals surface area contributed by atoms with Crippen LogP contribution in [0.25, 0.3) is 0 Å². The zero-order valence-corrected chi connectivity index (χ0v) is 16.0. The van der Waals surface area contributed by atoms with Crippen LogP contribution in [0, 0.1) is 0 Å². The zero-order valence-electron chi connectivity index (χ0n) is 14.4. The summed E-state index contributed by atoms with van der Waals surface area (Å²) in [4.78, 5) is 12.1. The fourth-order valence-corrected chi connectivity index (χ4v) is 3.28. The van der Waals surface area contributed by atoms with Crippen LogP contribution in [0.1, 0.15) is 17.5 Å². The first-order valence-electron chi connectivity index (χ1n) is 8.28. The number of carbonyl (C=O) groups is 1. The molecule has 1 heterocycles. The van der Waals surface area contributed by atoms with E-state index in [1.165, 1.54) is 7.11 Å². The summed E-state index contributed by atoms with van der Waals surface area (Å²) in [5.74, 6) is 1.92. The molecule has 1 amide bonds. The molecule has 1 aliphatic heterocycles. The Balaban J connectivity index is 1.48. The number of aryl methyl sites for hydroxylation is 1. The molecule has 2 aromatic carbocycles. The number of aromatic hydroxyl groups is 1. The van der Waals surface area contributed by atoms with Gasteiger partial charge in [-0.05, 0) is 42.2 Å². The van der Waals surface area contributed by atoms with Crippen molar-refractivity contribution in [1.29, 1.82) is 0 Å². The Morgan fingerprint density at radius 2 is 2.00 bits per heavy atom. The third kappa shape index (κ3) is 4.22. The lowest BCUT2D eigenvalue weighted by molar-refractivity contribution is -0.121. The quantitative estimate of drug-likeness (QED) is 0.717. The molecule has 0 aliphatic carbocycles. The maximum absolute atomic E-state index is 12.1. The van der Waals surface area contributed by atoms with E-state index in [0.29, 0.717) is 43.1 Å². The SMILES string of the molecule is COc1cccc(CCNC(=O)CCc2cc3c(cc2Br)OCO3)c1O. The Morgan fingerprint density at radius 1 is 1.23 bits per heavy atom. The number of hydrogen-bond acceptors (Lipinski definition) is 5. The summed E-state index contributed by atoms with van der Waals surface area (Å²) in [6, 6.07) is 9.08. The van der Waals surface area contributed by atoms with Crippen molar-refractivity contribution in [1.82, 2.24) is 5.32 Å². The van der Waals surface area contributed by atoms with E-state index in [9.17, 15) is 9.90 Å². The van der Waals surface area contributed by atoms with Crippen molar-refractivity contribution >= 4 is 21.8 Å². The van der Waals surface area contributed by atoms with E-state index < -0.39 is 0 Å². The number of benzene rings is 2. The van der Waals surface area contributed by atoms with E-state index in [2.05, 4.69) is 21.2 Å². The smallest absolute Gasteiger partial charge is 0.231 e. The molecule has 0 saturated carbocycles. The van der Waals surface area contributed by atoms with E-state index >= 15 is 0 Å². The van der Waals surface area contributed by atoms with Crippen molar-refractivity contribution in [2.75, 3.05) is 20.4 Å². The second kappa shape index (κ2) is 8.31. The minimum atomic E-state index is -0.0445. The van der Waals surface area contributed by atoms with Gasteiger partial charge in [-0.2, -0.15) is 0 Å². The van der Waals surface area contributed by atoms with Gasteiger partial charge in [-0.3, -0.25) is 4.79 Å². The summed E-state index contributed by atoms with van der Waals surface area (Å²) in [5, 5.41) is 12.9. The lowest BCUT2D eigenvalue weighted by Crippen LogP contribution is -2.25. The minimum Gasteiger partial charge on any atom is -0.504 e. The minimum absolute atomic E-state index is 0.0445. The van der Waals surface area contributed by atoms with Crippen molar-refractivity contribution in [2.45, 2.75) is 19.3 Å². The van der Waals surface area contributed by atoms with Crippen molar-refractivity contribution in [3.63, 3.8) is 0 Å². The van der Waals surface area contributed by atoms with Gasteiger partial charge in [0.15, 0.2) is 23.0 Å². The average Bonchev–Trinajstić information content (AvgIpc) is 3.08. The number of amides is 1. The van der Waals surface area contributed by atoms with E-state index in [1.54, 1.807) is 6.07 Å². The fourth-order valence-electron chi connectivity index (χ4n) is 2.76. The molecule has 0 radical (unpaired) electrons. The number of phenolic OH excluding ortho intramolecular Hbond substituents is 1. The molecule has 138 valence electrons. The molecule has 0 bridgehead atoms. The van der Waals surface area contributed by atoms with Gasteiger partial charge in [0.05, 0.1) is 7.11 Å². The van der Waals surface area contributed by atoms with Crippen molar-refractivity contribution in [3.05, 3.63) is 45.9 Å². The summed E-state index contributed by atoms with van der Waals surface area (Å²) in [7, 11) is 1.51. The highest BCUT2D eigenvalue weighted by Crippen LogP contribution is 2.37. The highest BCUT2D eigenvalue weighted by Gasteiger charge is 2.16. The van der Waals surface area contributed by atoms with Gasteiger partial charge < -0.3 is 24.6 Å². The molecular weight excluding hydrogens is 402 g/mol. The van der Waals surface area contributed by atoms with Crippen LogP contribution in [0.15, 0.2) is 34.8 Å². The summed E-state index contributed by atoms with van der Waals surface area (Å²) >= 11 is 3.50. The maximum atomic E-state index is 12.1. The van der Waals surface area contributed by atoms with E-state index in [0.717, 1.165) is 15.6 Å². The number of methoxy groups -OCH3 is 1. The van der Waals surface area contributed by atoms with Gasteiger partial charge in [0, 0.05) is 17.4 Å². The molecule has 3 rings (SSSR count). The molecule has 0 spiro atoms. The average molecular weight is 422 g/mol. The molecule has 0 unspecified atom stereocenters. The van der Waals surface area contributed by atoms with Crippen molar-refractivity contribution in [2.24, 2.45) is 0 Å². The van der Waals surface area contributed by atoms with Crippen LogP contribution in [0.3, 0.4) is 0 Å². The van der Waals surface area contributed by atoms with Crippen LogP contribution < -0.4 is 19.5 Å². The Bertz CT molecular complexity index is 809. The van der Waals surface area contributed by atoms with E-state index in [4.69, 9.17) is 14.2 Å². The molecule has 1 aliphatic rings. The standard InChI is InChI=1S/C19H20BrNO5/c1-24-15-4-2-3-12(19(15)23)7-8-21-18(22)6-5-13-9-16-17(10-14(13)20)26-11-25-16/h2-4,9-10,23H,5-8,11H2,1H3,(H,21,22). The summed E-state index contributed by atoms with van der Waals surface area (Å²) in [6.45, 7) is 0.671. The predicted molar refractivity (Wildman–Crippen MR) is 100.0 cm³/mol. The summed E-state index contributed by atoms with van der Waals surface area (Å²) < 4.78 is 16.7. The second-order valence-electron chi connectivity index (χ2n) is 5.86. The van der Waals surface area contributed by atoms with Crippen LogP contribution >= 0.6 is 15.9 Å². The lowest BCUT2D eigenvalue weighted by Gasteiger charge is -2.10. The molecule has 7 heteroatoms. The van der Waals surface area contributed by atoms with Crippen LogP contribution in [0.4, 0.5) is 0 Å². The molecule has 2 N–H and O–H groups in total. The molecule has 0 atom stereocenters. The Hall–Kier alpha value is -2.41. The molecule has 26 heavy (non-hydrogen) atoms. The van der Waals surface area contributed by atoms with E-state index in [-0.39, 0.29) is 18.4 Å². The van der Waals surface area contributed by atoms with Gasteiger partial charge in [-0.1, -0.05) is 28.1 Å². The van der Waals surface area contributed by atoms with Crippen molar-refractivity contribution in [3.8, 4) is 23.0 Å². The second-order valence-corrected chi connectivity index (χ2v) is 6.72. The van der Waals surface area contributed by atoms with Crippen LogP contribution in [-0.4, -0.2) is 31.5 Å². The summed E-state index contributed by atoms with van der Waals surface area (Å²) in [6.07, 6.45) is 1.48. The molecule has 6 nitrogen and oxygen atoms in total. The highest BCUT2D eigenvalue weighted by atomic mass is 79.9. The van der Waals surface area contributed by atoms with Gasteiger partial charge in [0.1, 0.15) is 0 Å². The molecule has 2 aromatic rings. The number of nitrogens with one attached hydrogen (secondary N) is 1. The first-order chi connectivity index (χ1) is 12.6. The molecule has 0 aromatic heterocycles. The predicted octanol–water partition coefficient (Wildman–Crippen LogP) is 3.18. The van der Waals surface area contributed by atoms with E-state index in [1.807, 2.05) is 24.3 Å². The Morgan fingerprint density at radius 3 is 2.77 bits per heavy atom. The lowest BCUT2D eigenvalue weighted by atomic mass is 10.1. The summed E-state index contributed by atoms with van der Waals surface area (Å²) in [5.41, 5.74) is 1.73. The highest BCUT2D eigenvalue weighted by molar-refractivity contribution is 9.10. The zero-order chi connectivity index (χ0) is 18.5. The number of rotatable bonds is 7. The number of halogens is 1. The molecular formula is C19H20BrNO5. The Kier molecular flexibility index (Phi) is 5.88.